The lowest BCUT2D eigenvalue weighted by atomic mass is 9.82. The molecule has 0 aliphatic heterocycles. The lowest BCUT2D eigenvalue weighted by molar-refractivity contribution is 0.0787. The van der Waals surface area contributed by atoms with Crippen LogP contribution < -0.4 is 0 Å². The van der Waals surface area contributed by atoms with Gasteiger partial charge in [0, 0.05) is 11.6 Å². The van der Waals surface area contributed by atoms with E-state index in [-0.39, 0.29) is 0 Å². The molecule has 0 spiro atoms. The van der Waals surface area contributed by atoms with E-state index in [9.17, 15) is 5.11 Å². The normalized spacial score (nSPS) is 17.6. The van der Waals surface area contributed by atoms with Crippen LogP contribution in [0.3, 0.4) is 0 Å². The first-order chi connectivity index (χ1) is 9.55. The van der Waals surface area contributed by atoms with Crippen molar-refractivity contribution in [3.63, 3.8) is 0 Å². The summed E-state index contributed by atoms with van der Waals surface area (Å²) in [7, 11) is 0. The van der Waals surface area contributed by atoms with Gasteiger partial charge in [-0.05, 0) is 61.9 Å². The number of nitrogens with zero attached hydrogens (tertiary/aromatic N) is 1. The minimum absolute atomic E-state index is 0.659. The van der Waals surface area contributed by atoms with E-state index in [1.54, 1.807) is 0 Å². The van der Waals surface area contributed by atoms with Gasteiger partial charge in [-0.15, -0.1) is 0 Å². The largest absolute Gasteiger partial charge is 0.386 e. The van der Waals surface area contributed by atoms with Crippen molar-refractivity contribution < 1.29 is 5.11 Å². The minimum atomic E-state index is -0.798. The molecule has 0 unspecified atom stereocenters. The molecular weight excluding hydrogens is 246 g/mol. The Labute approximate surface area is 120 Å². The third-order valence-electron chi connectivity index (χ3n) is 4.53. The molecule has 0 saturated heterocycles. The summed E-state index contributed by atoms with van der Waals surface area (Å²) < 4.78 is 0. The summed E-state index contributed by atoms with van der Waals surface area (Å²) in [4.78, 5) is 4.48. The average Bonchev–Trinajstić information content (AvgIpc) is 2.46. The van der Waals surface area contributed by atoms with Crippen LogP contribution in [-0.2, 0) is 5.60 Å². The molecule has 1 saturated carbocycles. The van der Waals surface area contributed by atoms with Gasteiger partial charge in [0.15, 0.2) is 0 Å². The topological polar surface area (TPSA) is 33.1 Å². The summed E-state index contributed by atoms with van der Waals surface area (Å²) in [5.74, 6) is 0.659. The fourth-order valence-electron chi connectivity index (χ4n) is 3.32. The Balaban J connectivity index is 2.11. The molecule has 1 aromatic heterocycles. The van der Waals surface area contributed by atoms with Gasteiger partial charge >= 0.3 is 0 Å². The lowest BCUT2D eigenvalue weighted by Crippen LogP contribution is -2.15. The number of aromatic nitrogens is 1. The molecule has 0 radical (unpaired) electrons. The highest BCUT2D eigenvalue weighted by Gasteiger charge is 2.20. The van der Waals surface area contributed by atoms with Gasteiger partial charge in [-0.2, -0.15) is 0 Å². The maximum Gasteiger partial charge on any atom is 0.0840 e. The van der Waals surface area contributed by atoms with E-state index >= 15 is 0 Å². The first-order valence-corrected chi connectivity index (χ1v) is 7.67. The van der Waals surface area contributed by atoms with Crippen LogP contribution in [0, 0.1) is 0 Å². The predicted octanol–water partition coefficient (Wildman–Crippen LogP) is 4.51. The molecule has 1 heterocycles. The van der Waals surface area contributed by atoms with E-state index in [4.69, 9.17) is 0 Å². The molecule has 1 fully saturated rings. The zero-order chi connectivity index (χ0) is 14.2. The molecule has 20 heavy (non-hydrogen) atoms. The zero-order valence-electron chi connectivity index (χ0n) is 12.4. The van der Waals surface area contributed by atoms with E-state index < -0.39 is 5.60 Å². The van der Waals surface area contributed by atoms with Crippen LogP contribution in [0.4, 0.5) is 0 Å². The van der Waals surface area contributed by atoms with Crippen LogP contribution in [0.1, 0.15) is 63.0 Å². The van der Waals surface area contributed by atoms with Crippen molar-refractivity contribution >= 4 is 10.9 Å². The Morgan fingerprint density at radius 2 is 1.85 bits per heavy atom. The fraction of sp³-hybridized carbons (Fsp3) is 0.500. The lowest BCUT2D eigenvalue weighted by Gasteiger charge is -2.24. The molecule has 1 aromatic carbocycles. The van der Waals surface area contributed by atoms with E-state index in [1.165, 1.54) is 43.1 Å². The van der Waals surface area contributed by atoms with E-state index in [0.717, 1.165) is 11.1 Å². The number of benzene rings is 1. The van der Waals surface area contributed by atoms with Crippen LogP contribution >= 0.6 is 0 Å². The second-order valence-corrected chi connectivity index (χ2v) is 6.53. The van der Waals surface area contributed by atoms with Crippen LogP contribution in [0.2, 0.25) is 0 Å². The number of rotatable bonds is 2. The Hall–Kier alpha value is -1.41. The highest BCUT2D eigenvalue weighted by Crippen LogP contribution is 2.36. The van der Waals surface area contributed by atoms with Gasteiger partial charge in [-0.25, -0.2) is 0 Å². The first kappa shape index (κ1) is 13.6. The molecule has 2 nitrogen and oxygen atoms in total. The Kier molecular flexibility index (Phi) is 3.51. The third kappa shape index (κ3) is 2.57. The van der Waals surface area contributed by atoms with Gasteiger partial charge < -0.3 is 5.11 Å². The molecular formula is C18H23NO. The van der Waals surface area contributed by atoms with E-state index in [1.807, 2.05) is 32.2 Å². The van der Waals surface area contributed by atoms with Gasteiger partial charge in [0.25, 0.3) is 0 Å². The number of hydrogen-bond donors (Lipinski definition) is 1. The second-order valence-electron chi connectivity index (χ2n) is 6.53. The maximum absolute atomic E-state index is 10.2. The Morgan fingerprint density at radius 3 is 2.55 bits per heavy atom. The average molecular weight is 269 g/mol. The van der Waals surface area contributed by atoms with Gasteiger partial charge in [0.05, 0.1) is 11.1 Å². The standard InChI is InChI=1S/C18H23NO/c1-18(2,20)14-8-9-17-16(12-14)15(10-11-19-17)13-6-4-3-5-7-13/h8-13,20H,3-7H2,1-2H3. The third-order valence-corrected chi connectivity index (χ3v) is 4.53. The van der Waals surface area contributed by atoms with Crippen LogP contribution in [0.15, 0.2) is 30.5 Å². The number of aliphatic hydroxyl groups is 1. The molecule has 1 aliphatic carbocycles. The van der Waals surface area contributed by atoms with Crippen molar-refractivity contribution in [3.8, 4) is 0 Å². The van der Waals surface area contributed by atoms with Crippen molar-refractivity contribution in [1.29, 1.82) is 0 Å². The van der Waals surface area contributed by atoms with E-state index in [0.29, 0.717) is 5.92 Å². The monoisotopic (exact) mass is 269 g/mol. The van der Waals surface area contributed by atoms with Crippen LogP contribution in [0.25, 0.3) is 10.9 Å². The Bertz CT molecular complexity index is 606. The highest BCUT2D eigenvalue weighted by molar-refractivity contribution is 5.83. The Morgan fingerprint density at radius 1 is 1.10 bits per heavy atom. The molecule has 0 amide bonds. The molecule has 2 heteroatoms. The smallest absolute Gasteiger partial charge is 0.0840 e. The van der Waals surface area contributed by atoms with Crippen LogP contribution in [-0.4, -0.2) is 10.1 Å². The zero-order valence-corrected chi connectivity index (χ0v) is 12.4. The summed E-state index contributed by atoms with van der Waals surface area (Å²) in [6.07, 6.45) is 8.53. The second kappa shape index (κ2) is 5.17. The molecule has 0 atom stereocenters. The molecule has 1 aliphatic rings. The molecule has 3 rings (SSSR count). The van der Waals surface area contributed by atoms with Gasteiger partial charge in [0.1, 0.15) is 0 Å². The van der Waals surface area contributed by atoms with Crippen molar-refractivity contribution in [3.05, 3.63) is 41.6 Å². The predicted molar refractivity (Wildman–Crippen MR) is 82.8 cm³/mol. The minimum Gasteiger partial charge on any atom is -0.386 e. The van der Waals surface area contributed by atoms with Gasteiger partial charge in [-0.3, -0.25) is 4.98 Å². The number of hydrogen-bond acceptors (Lipinski definition) is 2. The van der Waals surface area contributed by atoms with Crippen LogP contribution in [0.5, 0.6) is 0 Å². The first-order valence-electron chi connectivity index (χ1n) is 7.67. The summed E-state index contributed by atoms with van der Waals surface area (Å²) in [5, 5.41) is 11.5. The summed E-state index contributed by atoms with van der Waals surface area (Å²) in [6.45, 7) is 3.68. The van der Waals surface area contributed by atoms with Gasteiger partial charge in [0.2, 0.25) is 0 Å². The summed E-state index contributed by atoms with van der Waals surface area (Å²) >= 11 is 0. The van der Waals surface area contributed by atoms with Crippen molar-refractivity contribution in [2.45, 2.75) is 57.5 Å². The van der Waals surface area contributed by atoms with Crippen molar-refractivity contribution in [1.82, 2.24) is 4.98 Å². The molecule has 2 aromatic rings. The van der Waals surface area contributed by atoms with Gasteiger partial charge in [-0.1, -0.05) is 25.3 Å². The maximum atomic E-state index is 10.2. The summed E-state index contributed by atoms with van der Waals surface area (Å²) in [5.41, 5.74) is 2.63. The number of pyridine rings is 1. The SMILES string of the molecule is CC(C)(O)c1ccc2nccc(C3CCCCC3)c2c1. The number of fused-ring (bicyclic) bond motifs is 1. The highest BCUT2D eigenvalue weighted by atomic mass is 16.3. The quantitative estimate of drug-likeness (QED) is 0.870. The van der Waals surface area contributed by atoms with E-state index in [2.05, 4.69) is 17.1 Å². The summed E-state index contributed by atoms with van der Waals surface area (Å²) in [6, 6.07) is 8.33. The molecule has 1 N–H and O–H groups in total. The molecule has 106 valence electrons. The van der Waals surface area contributed by atoms with Crippen molar-refractivity contribution in [2.24, 2.45) is 0 Å². The molecule has 0 bridgehead atoms. The fourth-order valence-corrected chi connectivity index (χ4v) is 3.32. The van der Waals surface area contributed by atoms with Crippen molar-refractivity contribution in [2.75, 3.05) is 0 Å².